The maximum Gasteiger partial charge on any atom is 0.255 e. The lowest BCUT2D eigenvalue weighted by molar-refractivity contribution is 0.0946. The van der Waals surface area contributed by atoms with Crippen molar-refractivity contribution in [2.75, 3.05) is 24.5 Å². The molecule has 1 aromatic carbocycles. The lowest BCUT2D eigenvalue weighted by Gasteiger charge is -2.19. The van der Waals surface area contributed by atoms with Crippen molar-refractivity contribution in [3.8, 4) is 0 Å². The molecular weight excluding hydrogens is 326 g/mol. The van der Waals surface area contributed by atoms with E-state index in [0.29, 0.717) is 30.1 Å². The molecule has 1 amide bonds. The van der Waals surface area contributed by atoms with E-state index < -0.39 is 11.6 Å². The summed E-state index contributed by atoms with van der Waals surface area (Å²) >= 11 is 0. The maximum atomic E-state index is 13.4. The molecule has 0 saturated carbocycles. The molecule has 1 saturated heterocycles. The highest BCUT2D eigenvalue weighted by Crippen LogP contribution is 2.25. The number of carbonyl (C=O) groups is 1. The first kappa shape index (κ1) is 17.5. The van der Waals surface area contributed by atoms with Crippen LogP contribution in [-0.2, 0) is 0 Å². The lowest BCUT2D eigenvalue weighted by atomic mass is 10.1. The van der Waals surface area contributed by atoms with Gasteiger partial charge >= 0.3 is 0 Å². The number of halogens is 2. The third-order valence-electron chi connectivity index (χ3n) is 4.89. The van der Waals surface area contributed by atoms with E-state index >= 15 is 0 Å². The van der Waals surface area contributed by atoms with Crippen LogP contribution in [-0.4, -0.2) is 25.5 Å². The molecule has 3 rings (SSSR count). The number of nitrogens with zero attached hydrogens (tertiary/aromatic N) is 1. The van der Waals surface area contributed by atoms with Gasteiger partial charge in [-0.2, -0.15) is 0 Å². The third-order valence-corrected chi connectivity index (χ3v) is 4.89. The Morgan fingerprint density at radius 2 is 2.00 bits per heavy atom. The van der Waals surface area contributed by atoms with Crippen LogP contribution in [0.15, 0.2) is 22.6 Å². The first-order chi connectivity index (χ1) is 11.9. The Morgan fingerprint density at radius 1 is 1.24 bits per heavy atom. The van der Waals surface area contributed by atoms with Crippen molar-refractivity contribution in [2.24, 2.45) is 5.92 Å². The fourth-order valence-corrected chi connectivity index (χ4v) is 3.37. The predicted octanol–water partition coefficient (Wildman–Crippen LogP) is 3.74. The second-order valence-corrected chi connectivity index (χ2v) is 6.62. The molecule has 2 heterocycles. The van der Waals surface area contributed by atoms with Crippen LogP contribution in [0.3, 0.4) is 0 Å². The van der Waals surface area contributed by atoms with E-state index in [2.05, 4.69) is 5.32 Å². The molecule has 1 unspecified atom stereocenters. The van der Waals surface area contributed by atoms with Gasteiger partial charge in [0.1, 0.15) is 11.5 Å². The number of carbonyl (C=O) groups excluding carboxylic acids is 1. The summed E-state index contributed by atoms with van der Waals surface area (Å²) in [7, 11) is 0. The van der Waals surface area contributed by atoms with Gasteiger partial charge in [0, 0.05) is 37.0 Å². The average Bonchev–Trinajstić information content (AvgIpc) is 3.13. The molecule has 1 N–H and O–H groups in total. The summed E-state index contributed by atoms with van der Waals surface area (Å²) in [5.41, 5.74) is 2.14. The highest BCUT2D eigenvalue weighted by Gasteiger charge is 2.25. The summed E-state index contributed by atoms with van der Waals surface area (Å²) in [5, 5.41) is 2.97. The van der Waals surface area contributed by atoms with E-state index in [1.54, 1.807) is 13.0 Å². The maximum absolute atomic E-state index is 13.4. The van der Waals surface area contributed by atoms with E-state index in [9.17, 15) is 13.6 Å². The fourth-order valence-electron chi connectivity index (χ4n) is 3.37. The van der Waals surface area contributed by atoms with E-state index in [1.165, 1.54) is 6.07 Å². The number of aryl methyl sites for hydroxylation is 2. The number of rotatable bonds is 4. The van der Waals surface area contributed by atoms with Crippen LogP contribution in [0.2, 0.25) is 0 Å². The average molecular weight is 348 g/mol. The highest BCUT2D eigenvalue weighted by molar-refractivity contribution is 5.96. The van der Waals surface area contributed by atoms with Gasteiger partial charge in [0.05, 0.1) is 5.56 Å². The van der Waals surface area contributed by atoms with Crippen molar-refractivity contribution >= 4 is 11.6 Å². The van der Waals surface area contributed by atoms with Gasteiger partial charge < -0.3 is 14.6 Å². The first-order valence-corrected chi connectivity index (χ1v) is 8.41. The van der Waals surface area contributed by atoms with E-state index in [0.717, 1.165) is 30.4 Å². The van der Waals surface area contributed by atoms with Gasteiger partial charge in [-0.1, -0.05) is 0 Å². The largest absolute Gasteiger partial charge is 0.466 e. The fraction of sp³-hybridized carbons (Fsp3) is 0.421. The molecular formula is C19H22F2N2O2. The van der Waals surface area contributed by atoms with Gasteiger partial charge in [-0.25, -0.2) is 8.78 Å². The van der Waals surface area contributed by atoms with Crippen molar-refractivity contribution in [3.63, 3.8) is 0 Å². The van der Waals surface area contributed by atoms with Crippen LogP contribution < -0.4 is 10.2 Å². The number of nitrogens with one attached hydrogen (secondary N) is 1. The first-order valence-electron chi connectivity index (χ1n) is 8.41. The molecule has 1 aliphatic heterocycles. The number of benzene rings is 1. The molecule has 4 nitrogen and oxygen atoms in total. The number of hydrogen-bond acceptors (Lipinski definition) is 3. The normalized spacial score (nSPS) is 17.2. The van der Waals surface area contributed by atoms with Crippen molar-refractivity contribution in [1.29, 1.82) is 0 Å². The number of hydrogen-bond donors (Lipinski definition) is 1. The number of amides is 1. The van der Waals surface area contributed by atoms with Crippen LogP contribution in [0.1, 0.15) is 33.9 Å². The molecule has 6 heteroatoms. The van der Waals surface area contributed by atoms with Crippen molar-refractivity contribution in [3.05, 3.63) is 52.5 Å². The molecule has 1 aliphatic rings. The standard InChI is InChI=1S/C19H22F2N2O2/c1-11-12(2)25-13(3)18(11)19(24)22-9-14-6-7-23(10-14)15-4-5-16(20)17(21)8-15/h4-5,8,14H,6-7,9-10H2,1-3H3,(H,22,24). The summed E-state index contributed by atoms with van der Waals surface area (Å²) < 4.78 is 31.9. The summed E-state index contributed by atoms with van der Waals surface area (Å²) in [5.74, 6) is -0.150. The quantitative estimate of drug-likeness (QED) is 0.915. The van der Waals surface area contributed by atoms with Gasteiger partial charge in [-0.05, 0) is 45.2 Å². The molecule has 0 aliphatic carbocycles. The van der Waals surface area contributed by atoms with Crippen molar-refractivity contribution in [2.45, 2.75) is 27.2 Å². The van der Waals surface area contributed by atoms with Crippen molar-refractivity contribution < 1.29 is 18.0 Å². The van der Waals surface area contributed by atoms with E-state index in [1.807, 2.05) is 18.7 Å². The molecule has 0 bridgehead atoms. The lowest BCUT2D eigenvalue weighted by Crippen LogP contribution is -2.31. The van der Waals surface area contributed by atoms with Gasteiger partial charge in [-0.15, -0.1) is 0 Å². The van der Waals surface area contributed by atoms with Crippen LogP contribution in [0, 0.1) is 38.3 Å². The minimum absolute atomic E-state index is 0.127. The molecule has 25 heavy (non-hydrogen) atoms. The van der Waals surface area contributed by atoms with Crippen molar-refractivity contribution in [1.82, 2.24) is 5.32 Å². The Morgan fingerprint density at radius 3 is 2.64 bits per heavy atom. The van der Waals surface area contributed by atoms with Gasteiger partial charge in [0.2, 0.25) is 0 Å². The monoisotopic (exact) mass is 348 g/mol. The SMILES string of the molecule is Cc1oc(C)c(C(=O)NCC2CCN(c3ccc(F)c(F)c3)C2)c1C. The zero-order valence-electron chi connectivity index (χ0n) is 14.7. The zero-order valence-corrected chi connectivity index (χ0v) is 14.7. The van der Waals surface area contributed by atoms with Gasteiger partial charge in [0.15, 0.2) is 11.6 Å². The van der Waals surface area contributed by atoms with E-state index in [-0.39, 0.29) is 11.8 Å². The highest BCUT2D eigenvalue weighted by atomic mass is 19.2. The minimum atomic E-state index is -0.840. The molecule has 1 fully saturated rings. The number of anilines is 1. The Balaban J connectivity index is 1.58. The molecule has 134 valence electrons. The predicted molar refractivity (Wildman–Crippen MR) is 91.9 cm³/mol. The van der Waals surface area contributed by atoms with Gasteiger partial charge in [0.25, 0.3) is 5.91 Å². The number of furan rings is 1. The second-order valence-electron chi connectivity index (χ2n) is 6.62. The summed E-state index contributed by atoms with van der Waals surface area (Å²) in [6.45, 7) is 7.51. The third kappa shape index (κ3) is 3.52. The summed E-state index contributed by atoms with van der Waals surface area (Å²) in [6.07, 6.45) is 0.891. The Hall–Kier alpha value is -2.37. The Labute approximate surface area is 145 Å². The Bertz CT molecular complexity index is 801. The molecule has 1 atom stereocenters. The second kappa shape index (κ2) is 6.86. The summed E-state index contributed by atoms with van der Waals surface area (Å²) in [4.78, 5) is 14.4. The van der Waals surface area contributed by atoms with E-state index in [4.69, 9.17) is 4.42 Å². The van der Waals surface area contributed by atoms with Crippen LogP contribution in [0.5, 0.6) is 0 Å². The van der Waals surface area contributed by atoms with Crippen LogP contribution in [0.25, 0.3) is 0 Å². The Kier molecular flexibility index (Phi) is 4.79. The molecule has 0 radical (unpaired) electrons. The molecule has 0 spiro atoms. The molecule has 1 aromatic heterocycles. The smallest absolute Gasteiger partial charge is 0.255 e. The molecule has 2 aromatic rings. The topological polar surface area (TPSA) is 45.5 Å². The zero-order chi connectivity index (χ0) is 18.1. The van der Waals surface area contributed by atoms with Crippen LogP contribution in [0.4, 0.5) is 14.5 Å². The van der Waals surface area contributed by atoms with Crippen LogP contribution >= 0.6 is 0 Å². The van der Waals surface area contributed by atoms with Gasteiger partial charge in [-0.3, -0.25) is 4.79 Å². The summed E-state index contributed by atoms with van der Waals surface area (Å²) in [6, 6.07) is 3.95. The minimum Gasteiger partial charge on any atom is -0.466 e.